The maximum Gasteiger partial charge on any atom is 0.338 e. The molecular formula is C12H11NO4S2. The van der Waals surface area contributed by atoms with E-state index in [0.29, 0.717) is 0 Å². The van der Waals surface area contributed by atoms with Crippen molar-refractivity contribution in [1.82, 2.24) is 0 Å². The zero-order valence-electron chi connectivity index (χ0n) is 9.95. The SMILES string of the molecule is Cc1ccc(S(=O)(=O)Nc2sccc2C(=O)O)cc1. The third kappa shape index (κ3) is 2.94. The first kappa shape index (κ1) is 13.6. The number of aromatic carboxylic acids is 1. The summed E-state index contributed by atoms with van der Waals surface area (Å²) in [6.45, 7) is 1.85. The van der Waals surface area contributed by atoms with E-state index in [2.05, 4.69) is 4.72 Å². The van der Waals surface area contributed by atoms with E-state index in [1.54, 1.807) is 12.1 Å². The summed E-state index contributed by atoms with van der Waals surface area (Å²) in [5.74, 6) is -1.16. The number of hydrogen-bond acceptors (Lipinski definition) is 4. The predicted molar refractivity (Wildman–Crippen MR) is 73.3 cm³/mol. The minimum atomic E-state index is -3.76. The molecule has 0 amide bonds. The highest BCUT2D eigenvalue weighted by Gasteiger charge is 2.19. The number of anilines is 1. The van der Waals surface area contributed by atoms with Crippen molar-refractivity contribution in [2.24, 2.45) is 0 Å². The van der Waals surface area contributed by atoms with Crippen LogP contribution in [0.5, 0.6) is 0 Å². The molecule has 0 radical (unpaired) electrons. The average molecular weight is 297 g/mol. The molecule has 0 aliphatic carbocycles. The van der Waals surface area contributed by atoms with Gasteiger partial charge in [-0.1, -0.05) is 17.7 Å². The van der Waals surface area contributed by atoms with E-state index < -0.39 is 16.0 Å². The highest BCUT2D eigenvalue weighted by molar-refractivity contribution is 7.93. The second-order valence-electron chi connectivity index (χ2n) is 3.89. The largest absolute Gasteiger partial charge is 0.478 e. The Kier molecular flexibility index (Phi) is 3.59. The summed E-state index contributed by atoms with van der Waals surface area (Å²) in [5.41, 5.74) is 0.891. The zero-order valence-corrected chi connectivity index (χ0v) is 11.6. The minimum Gasteiger partial charge on any atom is -0.478 e. The van der Waals surface area contributed by atoms with Crippen molar-refractivity contribution >= 4 is 32.3 Å². The molecule has 5 nitrogen and oxygen atoms in total. The van der Waals surface area contributed by atoms with Crippen molar-refractivity contribution in [1.29, 1.82) is 0 Å². The topological polar surface area (TPSA) is 83.5 Å². The van der Waals surface area contributed by atoms with Crippen molar-refractivity contribution in [3.63, 3.8) is 0 Å². The molecule has 0 aliphatic rings. The van der Waals surface area contributed by atoms with Gasteiger partial charge in [0.1, 0.15) is 5.00 Å². The Morgan fingerprint density at radius 3 is 2.42 bits per heavy atom. The lowest BCUT2D eigenvalue weighted by molar-refractivity contribution is 0.0698. The first-order chi connectivity index (χ1) is 8.90. The Hall–Kier alpha value is -1.86. The van der Waals surface area contributed by atoms with Crippen molar-refractivity contribution in [2.75, 3.05) is 4.72 Å². The number of hydrogen-bond donors (Lipinski definition) is 2. The summed E-state index contributed by atoms with van der Waals surface area (Å²) in [4.78, 5) is 11.0. The molecule has 1 aromatic heterocycles. The smallest absolute Gasteiger partial charge is 0.338 e. The molecule has 0 unspecified atom stereocenters. The molecule has 0 saturated heterocycles. The number of carbonyl (C=O) groups is 1. The lowest BCUT2D eigenvalue weighted by Gasteiger charge is -2.07. The maximum absolute atomic E-state index is 12.1. The first-order valence-electron chi connectivity index (χ1n) is 5.30. The van der Waals surface area contributed by atoms with E-state index in [9.17, 15) is 13.2 Å². The summed E-state index contributed by atoms with van der Waals surface area (Å²) >= 11 is 1.03. The van der Waals surface area contributed by atoms with E-state index in [1.165, 1.54) is 23.6 Å². The number of nitrogens with one attached hydrogen (secondary N) is 1. The summed E-state index contributed by atoms with van der Waals surface area (Å²) in [6.07, 6.45) is 0. The molecule has 2 aromatic rings. The molecule has 0 fully saturated rings. The van der Waals surface area contributed by atoms with Gasteiger partial charge < -0.3 is 5.11 Å². The highest BCUT2D eigenvalue weighted by Crippen LogP contribution is 2.26. The van der Waals surface area contributed by atoms with E-state index in [1.807, 2.05) is 6.92 Å². The summed E-state index contributed by atoms with van der Waals surface area (Å²) in [5, 5.41) is 10.6. The van der Waals surface area contributed by atoms with Gasteiger partial charge in [0.25, 0.3) is 10.0 Å². The molecule has 7 heteroatoms. The molecule has 19 heavy (non-hydrogen) atoms. The molecule has 0 atom stereocenters. The van der Waals surface area contributed by atoms with Crippen LogP contribution in [0.2, 0.25) is 0 Å². The zero-order chi connectivity index (χ0) is 14.0. The molecule has 100 valence electrons. The van der Waals surface area contributed by atoms with Crippen molar-refractivity contribution in [3.8, 4) is 0 Å². The van der Waals surface area contributed by atoms with Crippen molar-refractivity contribution < 1.29 is 18.3 Å². The molecule has 1 aromatic carbocycles. The number of aryl methyl sites for hydroxylation is 1. The Morgan fingerprint density at radius 1 is 1.21 bits per heavy atom. The van der Waals surface area contributed by atoms with Crippen LogP contribution in [0.15, 0.2) is 40.6 Å². The fraction of sp³-hybridized carbons (Fsp3) is 0.0833. The number of carboxylic acid groups (broad SMARTS) is 1. The van der Waals surface area contributed by atoms with Crippen LogP contribution in [-0.2, 0) is 10.0 Å². The normalized spacial score (nSPS) is 11.2. The van der Waals surface area contributed by atoms with Gasteiger partial charge in [0.15, 0.2) is 0 Å². The summed E-state index contributed by atoms with van der Waals surface area (Å²) in [6, 6.07) is 7.68. The standard InChI is InChI=1S/C12H11NO4S2/c1-8-2-4-9(5-3-8)19(16,17)13-11-10(12(14)15)6-7-18-11/h2-7,13H,1H3,(H,14,15). The second kappa shape index (κ2) is 5.02. The minimum absolute atomic E-state index is 0.0549. The Morgan fingerprint density at radius 2 is 1.84 bits per heavy atom. The number of sulfonamides is 1. The van der Waals surface area contributed by atoms with Gasteiger partial charge in [0.05, 0.1) is 10.5 Å². The van der Waals surface area contributed by atoms with Gasteiger partial charge in [-0.15, -0.1) is 11.3 Å². The van der Waals surface area contributed by atoms with Gasteiger partial charge in [0.2, 0.25) is 0 Å². The summed E-state index contributed by atoms with van der Waals surface area (Å²) < 4.78 is 26.5. The van der Waals surface area contributed by atoms with E-state index in [-0.39, 0.29) is 15.5 Å². The highest BCUT2D eigenvalue weighted by atomic mass is 32.2. The van der Waals surface area contributed by atoms with Crippen LogP contribution in [-0.4, -0.2) is 19.5 Å². The van der Waals surface area contributed by atoms with E-state index in [4.69, 9.17) is 5.11 Å². The Balaban J connectivity index is 2.34. The number of carboxylic acids is 1. The van der Waals surface area contributed by atoms with Crippen LogP contribution < -0.4 is 4.72 Å². The maximum atomic E-state index is 12.1. The lowest BCUT2D eigenvalue weighted by atomic mass is 10.2. The van der Waals surface area contributed by atoms with Crippen LogP contribution >= 0.6 is 11.3 Å². The number of rotatable bonds is 4. The van der Waals surface area contributed by atoms with Crippen LogP contribution in [0.4, 0.5) is 5.00 Å². The molecule has 0 saturated carbocycles. The molecule has 0 spiro atoms. The first-order valence-corrected chi connectivity index (χ1v) is 7.67. The molecule has 0 bridgehead atoms. The summed E-state index contributed by atoms with van der Waals surface area (Å²) in [7, 11) is -3.76. The number of thiophene rings is 1. The Labute approximate surface area is 114 Å². The van der Waals surface area contributed by atoms with Crippen LogP contribution in [0.3, 0.4) is 0 Å². The number of benzene rings is 1. The van der Waals surface area contributed by atoms with Crippen molar-refractivity contribution in [3.05, 3.63) is 46.8 Å². The quantitative estimate of drug-likeness (QED) is 0.908. The fourth-order valence-electron chi connectivity index (χ4n) is 1.46. The van der Waals surface area contributed by atoms with E-state index in [0.717, 1.165) is 16.9 Å². The predicted octanol–water partition coefficient (Wildman–Crippen LogP) is 2.56. The third-order valence-electron chi connectivity index (χ3n) is 2.45. The van der Waals surface area contributed by atoms with Crippen LogP contribution in [0, 0.1) is 6.92 Å². The van der Waals surface area contributed by atoms with E-state index >= 15 is 0 Å². The lowest BCUT2D eigenvalue weighted by Crippen LogP contribution is -2.14. The van der Waals surface area contributed by atoms with Gasteiger partial charge in [-0.3, -0.25) is 4.72 Å². The van der Waals surface area contributed by atoms with Gasteiger partial charge >= 0.3 is 5.97 Å². The van der Waals surface area contributed by atoms with Gasteiger partial charge in [-0.2, -0.15) is 0 Å². The molecule has 0 aliphatic heterocycles. The monoisotopic (exact) mass is 297 g/mol. The molecular weight excluding hydrogens is 286 g/mol. The Bertz CT molecular complexity index is 702. The molecule has 2 rings (SSSR count). The van der Waals surface area contributed by atoms with Gasteiger partial charge in [-0.05, 0) is 30.5 Å². The fourth-order valence-corrected chi connectivity index (χ4v) is 3.57. The second-order valence-corrected chi connectivity index (χ2v) is 6.49. The van der Waals surface area contributed by atoms with Gasteiger partial charge in [0, 0.05) is 0 Å². The van der Waals surface area contributed by atoms with Crippen LogP contribution in [0.25, 0.3) is 0 Å². The molecule has 1 heterocycles. The average Bonchev–Trinajstić information content (AvgIpc) is 2.77. The van der Waals surface area contributed by atoms with Crippen LogP contribution in [0.1, 0.15) is 15.9 Å². The molecule has 2 N–H and O–H groups in total. The van der Waals surface area contributed by atoms with Crippen molar-refractivity contribution in [2.45, 2.75) is 11.8 Å². The third-order valence-corrected chi connectivity index (χ3v) is 4.78. The van der Waals surface area contributed by atoms with Gasteiger partial charge in [-0.25, -0.2) is 13.2 Å².